The highest BCUT2D eigenvalue weighted by molar-refractivity contribution is 8.00. The van der Waals surface area contributed by atoms with Crippen LogP contribution in [0.15, 0.2) is 24.3 Å². The summed E-state index contributed by atoms with van der Waals surface area (Å²) >= 11 is 2.03. The molecular formula is C18H24F3NOS. The third kappa shape index (κ3) is 4.20. The van der Waals surface area contributed by atoms with E-state index in [0.717, 1.165) is 31.8 Å². The van der Waals surface area contributed by atoms with Crippen molar-refractivity contribution < 1.29 is 17.9 Å². The van der Waals surface area contributed by atoms with Gasteiger partial charge in [0.05, 0.1) is 5.56 Å². The Morgan fingerprint density at radius 1 is 1.17 bits per heavy atom. The van der Waals surface area contributed by atoms with E-state index in [1.165, 1.54) is 30.4 Å². The maximum absolute atomic E-state index is 12.8. The lowest BCUT2D eigenvalue weighted by molar-refractivity contribution is -0.137. The Morgan fingerprint density at radius 2 is 1.83 bits per heavy atom. The van der Waals surface area contributed by atoms with Gasteiger partial charge in [-0.05, 0) is 74.9 Å². The van der Waals surface area contributed by atoms with Crippen LogP contribution in [0.3, 0.4) is 0 Å². The molecule has 0 radical (unpaired) electrons. The number of hydrogen-bond donors (Lipinski definition) is 0. The van der Waals surface area contributed by atoms with Gasteiger partial charge in [-0.25, -0.2) is 0 Å². The first kappa shape index (κ1) is 17.9. The number of thioether (sulfide) groups is 1. The molecule has 2 fully saturated rings. The highest BCUT2D eigenvalue weighted by atomic mass is 32.2. The molecule has 0 bridgehead atoms. The van der Waals surface area contributed by atoms with Gasteiger partial charge in [-0.1, -0.05) is 6.07 Å². The molecule has 2 saturated heterocycles. The summed E-state index contributed by atoms with van der Waals surface area (Å²) < 4.78 is 44.3. The monoisotopic (exact) mass is 359 g/mol. The van der Waals surface area contributed by atoms with E-state index in [4.69, 9.17) is 4.74 Å². The van der Waals surface area contributed by atoms with E-state index in [9.17, 15) is 13.2 Å². The lowest BCUT2D eigenvalue weighted by atomic mass is 9.81. The first-order valence-corrected chi connectivity index (χ1v) is 9.50. The number of benzene rings is 1. The number of likely N-dealkylation sites (tertiary alicyclic amines) is 1. The van der Waals surface area contributed by atoms with Crippen molar-refractivity contribution in [3.05, 3.63) is 29.8 Å². The van der Waals surface area contributed by atoms with Gasteiger partial charge in [0.25, 0.3) is 0 Å². The van der Waals surface area contributed by atoms with Crippen LogP contribution in [0, 0.1) is 5.41 Å². The Morgan fingerprint density at radius 3 is 2.38 bits per heavy atom. The lowest BCUT2D eigenvalue weighted by Crippen LogP contribution is -2.51. The highest BCUT2D eigenvalue weighted by Gasteiger charge is 2.41. The number of ether oxygens (including phenoxy) is 1. The molecule has 2 aliphatic heterocycles. The quantitative estimate of drug-likeness (QED) is 0.774. The molecule has 6 heteroatoms. The zero-order chi connectivity index (χ0) is 17.4. The summed E-state index contributed by atoms with van der Waals surface area (Å²) in [5, 5.41) is 0. The molecule has 2 nitrogen and oxygen atoms in total. The average Bonchev–Trinajstić information content (AvgIpc) is 2.45. The second-order valence-corrected chi connectivity index (χ2v) is 8.64. The summed E-state index contributed by atoms with van der Waals surface area (Å²) in [6.07, 6.45) is -1.90. The summed E-state index contributed by atoms with van der Waals surface area (Å²) in [7, 11) is 0. The van der Waals surface area contributed by atoms with E-state index in [-0.39, 0.29) is 5.75 Å². The predicted molar refractivity (Wildman–Crippen MR) is 91.6 cm³/mol. The van der Waals surface area contributed by atoms with Gasteiger partial charge >= 0.3 is 6.18 Å². The molecule has 1 aromatic rings. The summed E-state index contributed by atoms with van der Waals surface area (Å²) in [4.78, 5) is 2.38. The van der Waals surface area contributed by atoms with E-state index in [1.807, 2.05) is 25.6 Å². The van der Waals surface area contributed by atoms with Crippen molar-refractivity contribution in [3.63, 3.8) is 0 Å². The van der Waals surface area contributed by atoms with Gasteiger partial charge in [0.2, 0.25) is 0 Å². The molecule has 3 rings (SSSR count). The Hall–Kier alpha value is -0.880. The second-order valence-electron chi connectivity index (χ2n) is 7.66. The van der Waals surface area contributed by atoms with Crippen LogP contribution in [0.25, 0.3) is 0 Å². The van der Waals surface area contributed by atoms with Crippen molar-refractivity contribution in [1.82, 2.24) is 4.90 Å². The average molecular weight is 359 g/mol. The SMILES string of the molecule is CC(C)(CN1CCC2(CC1)CSC2)Oc1cccc(C(F)(F)F)c1. The molecule has 0 aromatic heterocycles. The summed E-state index contributed by atoms with van der Waals surface area (Å²) in [5.41, 5.74) is -0.630. The number of halogens is 3. The minimum Gasteiger partial charge on any atom is -0.487 e. The zero-order valence-electron chi connectivity index (χ0n) is 14.2. The molecule has 2 heterocycles. The molecule has 1 spiro atoms. The number of hydrogen-bond acceptors (Lipinski definition) is 3. The van der Waals surface area contributed by atoms with Crippen molar-refractivity contribution in [2.45, 2.75) is 38.5 Å². The molecule has 2 aliphatic rings. The van der Waals surface area contributed by atoms with Gasteiger partial charge in [-0.15, -0.1) is 0 Å². The molecule has 134 valence electrons. The van der Waals surface area contributed by atoms with Gasteiger partial charge in [0.15, 0.2) is 0 Å². The highest BCUT2D eigenvalue weighted by Crippen LogP contribution is 2.46. The predicted octanol–water partition coefficient (Wildman–Crippen LogP) is 4.69. The summed E-state index contributed by atoms with van der Waals surface area (Å²) in [6.45, 7) is 6.71. The van der Waals surface area contributed by atoms with Crippen LogP contribution in [-0.2, 0) is 6.18 Å². The third-order valence-electron chi connectivity index (χ3n) is 4.89. The van der Waals surface area contributed by atoms with Gasteiger partial charge in [0.1, 0.15) is 11.4 Å². The van der Waals surface area contributed by atoms with Crippen molar-refractivity contribution >= 4 is 11.8 Å². The van der Waals surface area contributed by atoms with Gasteiger partial charge in [-0.3, -0.25) is 4.90 Å². The van der Waals surface area contributed by atoms with Crippen LogP contribution in [0.2, 0.25) is 0 Å². The number of alkyl halides is 3. The molecule has 1 aromatic carbocycles. The molecular weight excluding hydrogens is 335 g/mol. The molecule has 0 unspecified atom stereocenters. The smallest absolute Gasteiger partial charge is 0.416 e. The first-order valence-electron chi connectivity index (χ1n) is 8.34. The third-order valence-corrected chi connectivity index (χ3v) is 6.53. The maximum atomic E-state index is 12.8. The standard InChI is InChI=1S/C18H24F3NOS/c1-16(2,11-22-8-6-17(7-9-22)12-24-13-17)23-15-5-3-4-14(10-15)18(19,20)21/h3-5,10H,6-9,11-13H2,1-2H3. The first-order chi connectivity index (χ1) is 11.2. The molecule has 0 saturated carbocycles. The Balaban J connectivity index is 1.58. The lowest BCUT2D eigenvalue weighted by Gasteiger charge is -2.48. The molecule has 0 atom stereocenters. The van der Waals surface area contributed by atoms with Crippen LogP contribution in [0.5, 0.6) is 5.75 Å². The largest absolute Gasteiger partial charge is 0.487 e. The van der Waals surface area contributed by atoms with E-state index in [0.29, 0.717) is 5.41 Å². The van der Waals surface area contributed by atoms with Crippen LogP contribution < -0.4 is 4.74 Å². The Labute approximate surface area is 145 Å². The number of piperidine rings is 1. The summed E-state index contributed by atoms with van der Waals surface area (Å²) in [5.74, 6) is 2.84. The minimum absolute atomic E-state index is 0.277. The van der Waals surface area contributed by atoms with E-state index >= 15 is 0 Å². The minimum atomic E-state index is -4.34. The molecule has 24 heavy (non-hydrogen) atoms. The number of nitrogens with zero attached hydrogens (tertiary/aromatic N) is 1. The normalized spacial score (nSPS) is 21.5. The van der Waals surface area contributed by atoms with E-state index in [2.05, 4.69) is 4.90 Å². The fraction of sp³-hybridized carbons (Fsp3) is 0.667. The van der Waals surface area contributed by atoms with Gasteiger partial charge in [-0.2, -0.15) is 24.9 Å². The zero-order valence-corrected chi connectivity index (χ0v) is 15.0. The van der Waals surface area contributed by atoms with Crippen molar-refractivity contribution in [2.24, 2.45) is 5.41 Å². The van der Waals surface area contributed by atoms with Crippen LogP contribution >= 0.6 is 11.8 Å². The fourth-order valence-corrected chi connectivity index (χ4v) is 4.85. The molecule has 0 N–H and O–H groups in total. The van der Waals surface area contributed by atoms with Crippen molar-refractivity contribution in [3.8, 4) is 5.75 Å². The summed E-state index contributed by atoms with van der Waals surface area (Å²) in [6, 6.07) is 5.14. The Bertz CT molecular complexity index is 574. The van der Waals surface area contributed by atoms with Gasteiger partial charge < -0.3 is 4.74 Å². The van der Waals surface area contributed by atoms with E-state index in [1.54, 1.807) is 6.07 Å². The van der Waals surface area contributed by atoms with E-state index < -0.39 is 17.3 Å². The Kier molecular flexibility index (Phi) is 4.82. The van der Waals surface area contributed by atoms with Crippen LogP contribution in [-0.4, -0.2) is 41.6 Å². The molecule has 0 amide bonds. The van der Waals surface area contributed by atoms with Crippen molar-refractivity contribution in [1.29, 1.82) is 0 Å². The van der Waals surface area contributed by atoms with Gasteiger partial charge in [0, 0.05) is 6.54 Å². The van der Waals surface area contributed by atoms with Crippen LogP contribution in [0.1, 0.15) is 32.3 Å². The molecule has 0 aliphatic carbocycles. The maximum Gasteiger partial charge on any atom is 0.416 e. The fourth-order valence-electron chi connectivity index (χ4n) is 3.49. The number of rotatable bonds is 4. The topological polar surface area (TPSA) is 12.5 Å². The second kappa shape index (κ2) is 6.45. The van der Waals surface area contributed by atoms with Crippen molar-refractivity contribution in [2.75, 3.05) is 31.1 Å². The van der Waals surface area contributed by atoms with Crippen LogP contribution in [0.4, 0.5) is 13.2 Å².